The van der Waals surface area contributed by atoms with E-state index in [9.17, 15) is 9.59 Å². The van der Waals surface area contributed by atoms with Gasteiger partial charge in [-0.25, -0.2) is 0 Å². The zero-order chi connectivity index (χ0) is 22.7. The van der Waals surface area contributed by atoms with Crippen LogP contribution in [0, 0.1) is 12.3 Å². The van der Waals surface area contributed by atoms with E-state index in [1.165, 1.54) is 13.2 Å². The molecule has 0 saturated carbocycles. The SMILES string of the molecule is C#CCOc1c(Br)cc(/C=C2\C(=O)NC(=S)N(c3cccc(Cl)c3Cl)C2=O)cc1OC. The van der Waals surface area contributed by atoms with Gasteiger partial charge in [0.2, 0.25) is 0 Å². The lowest BCUT2D eigenvalue weighted by Crippen LogP contribution is -2.54. The van der Waals surface area contributed by atoms with Crippen molar-refractivity contribution in [3.05, 3.63) is 56.0 Å². The lowest BCUT2D eigenvalue weighted by molar-refractivity contribution is -0.122. The van der Waals surface area contributed by atoms with Crippen molar-refractivity contribution >= 4 is 80.0 Å². The number of ether oxygens (including phenoxy) is 2. The molecule has 1 saturated heterocycles. The summed E-state index contributed by atoms with van der Waals surface area (Å²) in [7, 11) is 1.46. The van der Waals surface area contributed by atoms with Crippen LogP contribution in [0.15, 0.2) is 40.4 Å². The zero-order valence-electron chi connectivity index (χ0n) is 15.9. The Labute approximate surface area is 202 Å². The molecule has 31 heavy (non-hydrogen) atoms. The van der Waals surface area contributed by atoms with Crippen molar-refractivity contribution < 1.29 is 19.1 Å². The smallest absolute Gasteiger partial charge is 0.270 e. The van der Waals surface area contributed by atoms with Crippen molar-refractivity contribution in [2.24, 2.45) is 0 Å². The predicted molar refractivity (Wildman–Crippen MR) is 128 cm³/mol. The van der Waals surface area contributed by atoms with E-state index in [4.69, 9.17) is 51.3 Å². The number of thiocarbonyl (C=S) groups is 1. The fraction of sp³-hybridized carbons (Fsp3) is 0.0952. The Morgan fingerprint density at radius 2 is 2.06 bits per heavy atom. The minimum atomic E-state index is -0.652. The van der Waals surface area contributed by atoms with Gasteiger partial charge in [-0.2, -0.15) is 0 Å². The van der Waals surface area contributed by atoms with Crippen molar-refractivity contribution in [2.45, 2.75) is 0 Å². The van der Waals surface area contributed by atoms with Gasteiger partial charge in [0.25, 0.3) is 11.8 Å². The van der Waals surface area contributed by atoms with Gasteiger partial charge >= 0.3 is 0 Å². The number of halogens is 3. The second-order valence-electron chi connectivity index (χ2n) is 6.06. The summed E-state index contributed by atoms with van der Waals surface area (Å²) in [6.07, 6.45) is 6.64. The lowest BCUT2D eigenvalue weighted by Gasteiger charge is -2.29. The highest BCUT2D eigenvalue weighted by atomic mass is 79.9. The van der Waals surface area contributed by atoms with Gasteiger partial charge in [0.15, 0.2) is 16.6 Å². The van der Waals surface area contributed by atoms with Crippen LogP contribution in [0.3, 0.4) is 0 Å². The second-order valence-corrected chi connectivity index (χ2v) is 8.08. The Kier molecular flexibility index (Phi) is 7.23. The van der Waals surface area contributed by atoms with E-state index < -0.39 is 11.8 Å². The van der Waals surface area contributed by atoms with Crippen molar-refractivity contribution in [3.8, 4) is 23.8 Å². The molecule has 1 N–H and O–H groups in total. The summed E-state index contributed by atoms with van der Waals surface area (Å²) in [5.41, 5.74) is 0.600. The lowest BCUT2D eigenvalue weighted by atomic mass is 10.1. The van der Waals surface area contributed by atoms with E-state index in [2.05, 4.69) is 27.2 Å². The highest BCUT2D eigenvalue weighted by Gasteiger charge is 2.35. The van der Waals surface area contributed by atoms with Crippen molar-refractivity contribution in [1.29, 1.82) is 0 Å². The molecular weight excluding hydrogens is 527 g/mol. The first kappa shape index (κ1) is 23.1. The Morgan fingerprint density at radius 3 is 2.74 bits per heavy atom. The van der Waals surface area contributed by atoms with E-state index in [1.54, 1.807) is 30.3 Å². The topological polar surface area (TPSA) is 67.9 Å². The van der Waals surface area contributed by atoms with Gasteiger partial charge in [-0.3, -0.25) is 19.8 Å². The number of nitrogens with zero attached hydrogens (tertiary/aromatic N) is 1. The molecule has 1 heterocycles. The van der Waals surface area contributed by atoms with Crippen LogP contribution in [0.4, 0.5) is 5.69 Å². The zero-order valence-corrected chi connectivity index (χ0v) is 19.8. The molecule has 0 unspecified atom stereocenters. The number of hydrogen-bond donors (Lipinski definition) is 1. The number of carbonyl (C=O) groups excluding carboxylic acids is 2. The number of rotatable bonds is 5. The van der Waals surface area contributed by atoms with Crippen LogP contribution in [0.2, 0.25) is 10.0 Å². The number of carbonyl (C=O) groups is 2. The summed E-state index contributed by atoms with van der Waals surface area (Å²) in [6.45, 7) is 0.0447. The number of amides is 2. The molecule has 0 aromatic heterocycles. The number of anilines is 1. The molecule has 0 aliphatic carbocycles. The van der Waals surface area contributed by atoms with Crippen LogP contribution >= 0.6 is 51.3 Å². The molecule has 158 valence electrons. The number of nitrogens with one attached hydrogen (secondary N) is 1. The summed E-state index contributed by atoms with van der Waals surface area (Å²) in [5.74, 6) is 1.84. The summed E-state index contributed by atoms with van der Waals surface area (Å²) in [5, 5.41) is 2.77. The summed E-state index contributed by atoms with van der Waals surface area (Å²) < 4.78 is 11.4. The Hall–Kier alpha value is -2.57. The number of methoxy groups -OCH3 is 1. The quantitative estimate of drug-likeness (QED) is 0.260. The standard InChI is InChI=1S/C21H13BrCl2N2O4S/c1-3-7-30-18-13(22)9-11(10-16(18)29-2)8-12-19(27)25-21(31)26(20(12)28)15-6-4-5-14(23)17(15)24/h1,4-6,8-10H,7H2,2H3,(H,25,27,31)/b12-8+. The fourth-order valence-electron chi connectivity index (χ4n) is 2.79. The van der Waals surface area contributed by atoms with E-state index in [0.717, 1.165) is 4.90 Å². The molecule has 2 amide bonds. The van der Waals surface area contributed by atoms with Gasteiger partial charge in [-0.15, -0.1) is 6.42 Å². The molecule has 1 fully saturated rings. The van der Waals surface area contributed by atoms with Gasteiger partial charge < -0.3 is 9.47 Å². The molecule has 1 aliphatic rings. The van der Waals surface area contributed by atoms with Gasteiger partial charge in [-0.1, -0.05) is 35.2 Å². The van der Waals surface area contributed by atoms with Crippen LogP contribution in [0.25, 0.3) is 6.08 Å². The maximum atomic E-state index is 13.2. The molecular formula is C21H13BrCl2N2O4S. The molecule has 1 aliphatic heterocycles. The Morgan fingerprint density at radius 1 is 1.32 bits per heavy atom. The van der Waals surface area contributed by atoms with E-state index in [1.807, 2.05) is 0 Å². The molecule has 2 aromatic rings. The maximum Gasteiger partial charge on any atom is 0.270 e. The maximum absolute atomic E-state index is 13.2. The number of terminal acetylenes is 1. The van der Waals surface area contributed by atoms with Crippen molar-refractivity contribution in [3.63, 3.8) is 0 Å². The molecule has 3 rings (SSSR count). The normalized spacial score (nSPS) is 15.0. The predicted octanol–water partition coefficient (Wildman–Crippen LogP) is 4.61. The Bertz CT molecular complexity index is 1180. The highest BCUT2D eigenvalue weighted by Crippen LogP contribution is 2.38. The monoisotopic (exact) mass is 538 g/mol. The van der Waals surface area contributed by atoms with Crippen molar-refractivity contribution in [2.75, 3.05) is 18.6 Å². The molecule has 6 nitrogen and oxygen atoms in total. The third-order valence-electron chi connectivity index (χ3n) is 4.14. The average Bonchev–Trinajstić information content (AvgIpc) is 2.73. The summed E-state index contributed by atoms with van der Waals surface area (Å²) >= 11 is 20.9. The second kappa shape index (κ2) is 9.71. The van der Waals surface area contributed by atoms with Crippen LogP contribution in [0.1, 0.15) is 5.56 Å². The minimum absolute atomic E-state index is 0.0447. The highest BCUT2D eigenvalue weighted by molar-refractivity contribution is 9.10. The van der Waals surface area contributed by atoms with Gasteiger partial charge in [0.1, 0.15) is 12.2 Å². The Balaban J connectivity index is 2.05. The fourth-order valence-corrected chi connectivity index (χ4v) is 4.01. The van der Waals surface area contributed by atoms with Crippen molar-refractivity contribution in [1.82, 2.24) is 5.32 Å². The first-order valence-electron chi connectivity index (χ1n) is 8.57. The van der Waals surface area contributed by atoms with Gasteiger partial charge in [0.05, 0.1) is 27.3 Å². The third kappa shape index (κ3) is 4.70. The molecule has 10 heteroatoms. The van der Waals surface area contributed by atoms with E-state index >= 15 is 0 Å². The van der Waals surface area contributed by atoms with Crippen LogP contribution in [0.5, 0.6) is 11.5 Å². The minimum Gasteiger partial charge on any atom is -0.493 e. The number of hydrogen-bond acceptors (Lipinski definition) is 5. The van der Waals surface area contributed by atoms with Crippen LogP contribution in [-0.2, 0) is 9.59 Å². The molecule has 0 atom stereocenters. The largest absolute Gasteiger partial charge is 0.493 e. The molecule has 0 spiro atoms. The van der Waals surface area contributed by atoms with Crippen LogP contribution < -0.4 is 19.7 Å². The molecule has 0 radical (unpaired) electrons. The molecule has 0 bridgehead atoms. The number of benzene rings is 2. The molecule has 2 aromatic carbocycles. The van der Waals surface area contributed by atoms with E-state index in [0.29, 0.717) is 21.5 Å². The summed E-state index contributed by atoms with van der Waals surface area (Å²) in [6, 6.07) is 8.04. The van der Waals surface area contributed by atoms with Crippen LogP contribution in [-0.4, -0.2) is 30.6 Å². The van der Waals surface area contributed by atoms with Gasteiger partial charge in [0, 0.05) is 0 Å². The summed E-state index contributed by atoms with van der Waals surface area (Å²) in [4.78, 5) is 26.8. The third-order valence-corrected chi connectivity index (χ3v) is 5.82. The first-order valence-corrected chi connectivity index (χ1v) is 10.5. The van der Waals surface area contributed by atoms with E-state index in [-0.39, 0.29) is 33.0 Å². The first-order chi connectivity index (χ1) is 14.8. The average molecular weight is 540 g/mol. The van der Waals surface area contributed by atoms with Gasteiger partial charge in [-0.05, 0) is 64.1 Å².